The van der Waals surface area contributed by atoms with Crippen molar-refractivity contribution in [2.24, 2.45) is 5.41 Å². The minimum absolute atomic E-state index is 0.0893. The van der Waals surface area contributed by atoms with Gasteiger partial charge in [-0.05, 0) is 13.3 Å². The van der Waals surface area contributed by atoms with Gasteiger partial charge in [-0.15, -0.1) is 11.6 Å². The van der Waals surface area contributed by atoms with Crippen molar-refractivity contribution in [2.75, 3.05) is 5.88 Å². The zero-order valence-electron chi connectivity index (χ0n) is 9.22. The van der Waals surface area contributed by atoms with Crippen LogP contribution in [-0.4, -0.2) is 23.7 Å². The molecule has 1 aliphatic rings. The monoisotopic (exact) mass is 232 g/mol. The van der Waals surface area contributed by atoms with Crippen molar-refractivity contribution >= 4 is 23.4 Å². The molecule has 2 unspecified atom stereocenters. The van der Waals surface area contributed by atoms with Crippen LogP contribution in [0.5, 0.6) is 0 Å². The number of alkyl halides is 1. The SMILES string of the molecule is CCCCC1(C(C)=O)CC(CCl)OC1=O. The Balaban J connectivity index is 2.82. The lowest BCUT2D eigenvalue weighted by Gasteiger charge is -2.20. The molecule has 0 aromatic heterocycles. The van der Waals surface area contributed by atoms with Gasteiger partial charge in [-0.25, -0.2) is 0 Å². The van der Waals surface area contributed by atoms with Crippen LogP contribution in [0.4, 0.5) is 0 Å². The number of ketones is 1. The minimum Gasteiger partial charge on any atom is -0.460 e. The second-order valence-corrected chi connectivity index (χ2v) is 4.44. The van der Waals surface area contributed by atoms with E-state index in [-0.39, 0.29) is 23.7 Å². The molecule has 1 heterocycles. The topological polar surface area (TPSA) is 43.4 Å². The maximum absolute atomic E-state index is 11.7. The molecule has 2 atom stereocenters. The Morgan fingerprint density at radius 1 is 1.67 bits per heavy atom. The van der Waals surface area contributed by atoms with Gasteiger partial charge in [-0.1, -0.05) is 19.8 Å². The molecule has 1 fully saturated rings. The number of ether oxygens (including phenoxy) is 1. The molecule has 0 aromatic carbocycles. The van der Waals surface area contributed by atoms with Crippen molar-refractivity contribution in [1.82, 2.24) is 0 Å². The van der Waals surface area contributed by atoms with Crippen LogP contribution in [0.1, 0.15) is 39.5 Å². The summed E-state index contributed by atoms with van der Waals surface area (Å²) in [5.74, 6) is -0.199. The summed E-state index contributed by atoms with van der Waals surface area (Å²) in [6.45, 7) is 3.50. The van der Waals surface area contributed by atoms with Gasteiger partial charge >= 0.3 is 5.97 Å². The lowest BCUT2D eigenvalue weighted by Crippen LogP contribution is -2.34. The van der Waals surface area contributed by atoms with Crippen LogP contribution in [0.3, 0.4) is 0 Å². The third kappa shape index (κ3) is 2.33. The molecule has 86 valence electrons. The first-order valence-corrected chi connectivity index (χ1v) is 5.88. The largest absolute Gasteiger partial charge is 0.460 e. The van der Waals surface area contributed by atoms with Crippen LogP contribution in [0.15, 0.2) is 0 Å². The summed E-state index contributed by atoms with van der Waals surface area (Å²) in [6, 6.07) is 0. The molecule has 4 heteroatoms. The summed E-state index contributed by atoms with van der Waals surface area (Å²) in [7, 11) is 0. The average molecular weight is 233 g/mol. The smallest absolute Gasteiger partial charge is 0.320 e. The number of carbonyl (C=O) groups excluding carboxylic acids is 2. The first-order chi connectivity index (χ1) is 7.06. The maximum Gasteiger partial charge on any atom is 0.320 e. The molecule has 0 radical (unpaired) electrons. The molecule has 1 aliphatic heterocycles. The van der Waals surface area contributed by atoms with Gasteiger partial charge < -0.3 is 4.74 Å². The van der Waals surface area contributed by atoms with E-state index in [0.717, 1.165) is 12.8 Å². The van der Waals surface area contributed by atoms with Gasteiger partial charge in [0.25, 0.3) is 0 Å². The summed E-state index contributed by atoms with van der Waals surface area (Å²) in [5.41, 5.74) is -0.907. The summed E-state index contributed by atoms with van der Waals surface area (Å²) < 4.78 is 5.09. The van der Waals surface area contributed by atoms with Crippen LogP contribution in [0.25, 0.3) is 0 Å². The quantitative estimate of drug-likeness (QED) is 0.415. The van der Waals surface area contributed by atoms with Crippen LogP contribution in [0.2, 0.25) is 0 Å². The fourth-order valence-corrected chi connectivity index (χ4v) is 2.18. The van der Waals surface area contributed by atoms with E-state index >= 15 is 0 Å². The van der Waals surface area contributed by atoms with E-state index in [2.05, 4.69) is 0 Å². The van der Waals surface area contributed by atoms with Gasteiger partial charge in [0, 0.05) is 6.42 Å². The molecule has 0 bridgehead atoms. The minimum atomic E-state index is -0.907. The molecular formula is C11H17ClO3. The van der Waals surface area contributed by atoms with Crippen molar-refractivity contribution in [1.29, 1.82) is 0 Å². The first kappa shape index (κ1) is 12.5. The summed E-state index contributed by atoms with van der Waals surface area (Å²) in [6.07, 6.45) is 2.58. The van der Waals surface area contributed by atoms with Gasteiger partial charge in [0.15, 0.2) is 0 Å². The predicted molar refractivity (Wildman–Crippen MR) is 57.9 cm³/mol. The van der Waals surface area contributed by atoms with Gasteiger partial charge in [-0.2, -0.15) is 0 Å². The lowest BCUT2D eigenvalue weighted by molar-refractivity contribution is -0.152. The van der Waals surface area contributed by atoms with E-state index in [4.69, 9.17) is 16.3 Å². The zero-order valence-corrected chi connectivity index (χ0v) is 9.97. The second kappa shape index (κ2) is 4.97. The third-order valence-electron chi connectivity index (χ3n) is 3.04. The molecule has 0 amide bonds. The number of rotatable bonds is 5. The van der Waals surface area contributed by atoms with Crippen molar-refractivity contribution < 1.29 is 14.3 Å². The van der Waals surface area contributed by atoms with Crippen molar-refractivity contribution in [2.45, 2.75) is 45.6 Å². The van der Waals surface area contributed by atoms with E-state index in [0.29, 0.717) is 12.8 Å². The number of cyclic esters (lactones) is 1. The molecule has 3 nitrogen and oxygen atoms in total. The fraction of sp³-hybridized carbons (Fsp3) is 0.818. The van der Waals surface area contributed by atoms with Gasteiger partial charge in [-0.3, -0.25) is 9.59 Å². The Hall–Kier alpha value is -0.570. The van der Waals surface area contributed by atoms with E-state index in [1.54, 1.807) is 0 Å². The van der Waals surface area contributed by atoms with Gasteiger partial charge in [0.2, 0.25) is 0 Å². The Labute approximate surface area is 95.1 Å². The van der Waals surface area contributed by atoms with Crippen LogP contribution in [-0.2, 0) is 14.3 Å². The molecular weight excluding hydrogens is 216 g/mol. The molecule has 1 rings (SSSR count). The molecule has 0 aliphatic carbocycles. The highest BCUT2D eigenvalue weighted by atomic mass is 35.5. The van der Waals surface area contributed by atoms with Crippen molar-refractivity contribution in [3.05, 3.63) is 0 Å². The second-order valence-electron chi connectivity index (χ2n) is 4.13. The van der Waals surface area contributed by atoms with E-state index in [1.165, 1.54) is 6.92 Å². The Morgan fingerprint density at radius 2 is 2.33 bits per heavy atom. The Morgan fingerprint density at radius 3 is 2.73 bits per heavy atom. The van der Waals surface area contributed by atoms with Crippen molar-refractivity contribution in [3.63, 3.8) is 0 Å². The van der Waals surface area contributed by atoms with Crippen LogP contribution in [0, 0.1) is 5.41 Å². The Bertz CT molecular complexity index is 265. The first-order valence-electron chi connectivity index (χ1n) is 5.35. The average Bonchev–Trinajstić information content (AvgIpc) is 2.53. The zero-order chi connectivity index (χ0) is 11.5. The van der Waals surface area contributed by atoms with Crippen LogP contribution >= 0.6 is 11.6 Å². The number of halogens is 1. The standard InChI is InChI=1S/C11H17ClO3/c1-3-4-5-11(8(2)13)6-9(7-12)15-10(11)14/h9H,3-7H2,1-2H3. The third-order valence-corrected chi connectivity index (χ3v) is 3.39. The number of unbranched alkanes of at least 4 members (excludes halogenated alkanes) is 1. The lowest BCUT2D eigenvalue weighted by atomic mass is 9.77. The number of Topliss-reactive ketones (excluding diaryl/α,β-unsaturated/α-hetero) is 1. The van der Waals surface area contributed by atoms with Gasteiger partial charge in [0.05, 0.1) is 5.88 Å². The van der Waals surface area contributed by atoms with E-state index < -0.39 is 5.41 Å². The molecule has 0 aromatic rings. The highest BCUT2D eigenvalue weighted by molar-refractivity contribution is 6.18. The number of carbonyl (C=O) groups is 2. The van der Waals surface area contributed by atoms with E-state index in [1.807, 2.05) is 6.92 Å². The molecule has 1 saturated heterocycles. The maximum atomic E-state index is 11.7. The molecule has 0 saturated carbocycles. The Kier molecular flexibility index (Phi) is 4.14. The summed E-state index contributed by atoms with van der Waals surface area (Å²) in [5, 5.41) is 0. The fourth-order valence-electron chi connectivity index (χ4n) is 2.01. The highest BCUT2D eigenvalue weighted by Crippen LogP contribution is 2.39. The van der Waals surface area contributed by atoms with Crippen LogP contribution < -0.4 is 0 Å². The van der Waals surface area contributed by atoms with E-state index in [9.17, 15) is 9.59 Å². The van der Waals surface area contributed by atoms with Gasteiger partial charge in [0.1, 0.15) is 17.3 Å². The highest BCUT2D eigenvalue weighted by Gasteiger charge is 2.51. The molecule has 15 heavy (non-hydrogen) atoms. The summed E-state index contributed by atoms with van der Waals surface area (Å²) in [4.78, 5) is 23.3. The predicted octanol–water partition coefficient (Wildman–Crippen LogP) is 2.31. The summed E-state index contributed by atoms with van der Waals surface area (Å²) >= 11 is 5.65. The molecule has 0 N–H and O–H groups in total. The number of hydrogen-bond acceptors (Lipinski definition) is 3. The number of esters is 1. The molecule has 0 spiro atoms. The number of hydrogen-bond donors (Lipinski definition) is 0. The normalized spacial score (nSPS) is 30.3. The van der Waals surface area contributed by atoms with Crippen molar-refractivity contribution in [3.8, 4) is 0 Å².